The van der Waals surface area contributed by atoms with Gasteiger partial charge in [0.15, 0.2) is 0 Å². The number of carbonyl (C=O) groups is 1. The van der Waals surface area contributed by atoms with Gasteiger partial charge in [-0.3, -0.25) is 0 Å². The van der Waals surface area contributed by atoms with E-state index in [-0.39, 0.29) is 18.3 Å². The number of rotatable bonds is 3. The average Bonchev–Trinajstić information content (AvgIpc) is 2.19. The molecule has 0 saturated heterocycles. The molecule has 0 saturated carbocycles. The summed E-state index contributed by atoms with van der Waals surface area (Å²) in [6.45, 7) is 2.13. The molecule has 0 amide bonds. The summed E-state index contributed by atoms with van der Waals surface area (Å²) in [6, 6.07) is 5.94. The number of phenols is 1. The van der Waals surface area contributed by atoms with Crippen molar-refractivity contribution < 1.29 is 14.6 Å². The van der Waals surface area contributed by atoms with Gasteiger partial charge in [0.05, 0.1) is 5.56 Å². The van der Waals surface area contributed by atoms with Gasteiger partial charge in [0.1, 0.15) is 12.4 Å². The molecule has 74 valence electrons. The molecular formula is C11H12O3. The van der Waals surface area contributed by atoms with Crippen molar-refractivity contribution in [1.82, 2.24) is 0 Å². The second-order valence-electron chi connectivity index (χ2n) is 2.71. The van der Waals surface area contributed by atoms with Crippen molar-refractivity contribution in [2.45, 2.75) is 6.92 Å². The molecule has 3 heteroatoms. The number of carbonyl (C=O) groups excluding carboxylic acids is 1. The summed E-state index contributed by atoms with van der Waals surface area (Å²) in [5.41, 5.74) is 0.437. The standard InChI is InChI=1S/C11H12O3/c1-2-3-8-14-11(13)9-4-6-10(12)7-5-9/h2-7,12H,8H2,1H3. The van der Waals surface area contributed by atoms with Gasteiger partial charge in [0.25, 0.3) is 0 Å². The molecular weight excluding hydrogens is 180 g/mol. The number of benzene rings is 1. The van der Waals surface area contributed by atoms with E-state index < -0.39 is 0 Å². The van der Waals surface area contributed by atoms with Gasteiger partial charge in [-0.15, -0.1) is 0 Å². The van der Waals surface area contributed by atoms with Gasteiger partial charge in [-0.25, -0.2) is 4.79 Å². The van der Waals surface area contributed by atoms with Gasteiger partial charge in [0.2, 0.25) is 0 Å². The lowest BCUT2D eigenvalue weighted by molar-refractivity contribution is 0.0549. The molecule has 1 N–H and O–H groups in total. The Morgan fingerprint density at radius 3 is 2.64 bits per heavy atom. The Labute approximate surface area is 82.6 Å². The smallest absolute Gasteiger partial charge is 0.338 e. The molecule has 0 bridgehead atoms. The van der Waals surface area contributed by atoms with Gasteiger partial charge in [-0.2, -0.15) is 0 Å². The highest BCUT2D eigenvalue weighted by Gasteiger charge is 2.04. The van der Waals surface area contributed by atoms with Crippen LogP contribution in [0, 0.1) is 0 Å². The molecule has 0 aliphatic rings. The second kappa shape index (κ2) is 5.07. The molecule has 14 heavy (non-hydrogen) atoms. The molecule has 0 radical (unpaired) electrons. The summed E-state index contributed by atoms with van der Waals surface area (Å²) in [4.78, 5) is 11.3. The number of hydrogen-bond acceptors (Lipinski definition) is 3. The van der Waals surface area contributed by atoms with E-state index in [0.29, 0.717) is 5.56 Å². The highest BCUT2D eigenvalue weighted by atomic mass is 16.5. The number of phenolic OH excluding ortho intramolecular Hbond substituents is 1. The van der Waals surface area contributed by atoms with Crippen molar-refractivity contribution in [3.05, 3.63) is 42.0 Å². The average molecular weight is 192 g/mol. The zero-order valence-corrected chi connectivity index (χ0v) is 7.93. The van der Waals surface area contributed by atoms with Crippen molar-refractivity contribution in [3.8, 4) is 5.75 Å². The fourth-order valence-electron chi connectivity index (χ4n) is 0.901. The molecule has 0 spiro atoms. The lowest BCUT2D eigenvalue weighted by atomic mass is 10.2. The normalized spacial score (nSPS) is 10.4. The second-order valence-corrected chi connectivity index (χ2v) is 2.71. The predicted octanol–water partition coefficient (Wildman–Crippen LogP) is 2.13. The maximum Gasteiger partial charge on any atom is 0.338 e. The van der Waals surface area contributed by atoms with E-state index in [1.165, 1.54) is 24.3 Å². The fourth-order valence-corrected chi connectivity index (χ4v) is 0.901. The number of aromatic hydroxyl groups is 1. The first-order valence-corrected chi connectivity index (χ1v) is 4.31. The zero-order chi connectivity index (χ0) is 10.4. The summed E-state index contributed by atoms with van der Waals surface area (Å²) in [6.07, 6.45) is 3.56. The predicted molar refractivity (Wildman–Crippen MR) is 53.2 cm³/mol. The van der Waals surface area contributed by atoms with E-state index in [4.69, 9.17) is 9.84 Å². The molecule has 0 heterocycles. The van der Waals surface area contributed by atoms with E-state index in [1.54, 1.807) is 6.08 Å². The Bertz CT molecular complexity index is 325. The van der Waals surface area contributed by atoms with Crippen LogP contribution in [0.2, 0.25) is 0 Å². The van der Waals surface area contributed by atoms with Gasteiger partial charge in [-0.05, 0) is 31.2 Å². The maximum absolute atomic E-state index is 11.3. The van der Waals surface area contributed by atoms with Crippen molar-refractivity contribution in [2.24, 2.45) is 0 Å². The molecule has 3 nitrogen and oxygen atoms in total. The van der Waals surface area contributed by atoms with Crippen LogP contribution < -0.4 is 0 Å². The minimum absolute atomic E-state index is 0.134. The molecule has 0 unspecified atom stereocenters. The molecule has 0 aromatic heterocycles. The third-order valence-electron chi connectivity index (χ3n) is 1.65. The van der Waals surface area contributed by atoms with Crippen LogP contribution in [-0.2, 0) is 4.74 Å². The van der Waals surface area contributed by atoms with Gasteiger partial charge in [0, 0.05) is 0 Å². The SMILES string of the molecule is CC=CCOC(=O)c1ccc(O)cc1. The van der Waals surface area contributed by atoms with E-state index in [9.17, 15) is 4.79 Å². The molecule has 0 aliphatic carbocycles. The van der Waals surface area contributed by atoms with E-state index in [0.717, 1.165) is 0 Å². The van der Waals surface area contributed by atoms with Crippen molar-refractivity contribution in [1.29, 1.82) is 0 Å². The first-order chi connectivity index (χ1) is 6.74. The maximum atomic E-state index is 11.3. The van der Waals surface area contributed by atoms with Crippen LogP contribution >= 0.6 is 0 Å². The Kier molecular flexibility index (Phi) is 3.73. The van der Waals surface area contributed by atoms with Crippen LogP contribution in [0.4, 0.5) is 0 Å². The third kappa shape index (κ3) is 2.94. The first kappa shape index (κ1) is 10.3. The number of ether oxygens (including phenoxy) is 1. The molecule has 0 aliphatic heterocycles. The van der Waals surface area contributed by atoms with Crippen LogP contribution in [-0.4, -0.2) is 17.7 Å². The van der Waals surface area contributed by atoms with Crippen LogP contribution in [0.3, 0.4) is 0 Å². The van der Waals surface area contributed by atoms with Crippen molar-refractivity contribution in [2.75, 3.05) is 6.61 Å². The third-order valence-corrected chi connectivity index (χ3v) is 1.65. The summed E-state index contributed by atoms with van der Waals surface area (Å²) in [5.74, 6) is -0.252. The van der Waals surface area contributed by atoms with Crippen LogP contribution in [0.5, 0.6) is 5.75 Å². The minimum atomic E-state index is -0.386. The van der Waals surface area contributed by atoms with Crippen molar-refractivity contribution >= 4 is 5.97 Å². The lowest BCUT2D eigenvalue weighted by Crippen LogP contribution is -2.04. The molecule has 0 fully saturated rings. The molecule has 1 rings (SSSR count). The Hall–Kier alpha value is -1.77. The van der Waals surface area contributed by atoms with Gasteiger partial charge >= 0.3 is 5.97 Å². The van der Waals surface area contributed by atoms with Gasteiger partial charge in [-0.1, -0.05) is 12.2 Å². The number of esters is 1. The zero-order valence-electron chi connectivity index (χ0n) is 7.93. The highest BCUT2D eigenvalue weighted by Crippen LogP contribution is 2.10. The molecule has 1 aromatic rings. The largest absolute Gasteiger partial charge is 0.508 e. The Balaban J connectivity index is 2.56. The van der Waals surface area contributed by atoms with Crippen LogP contribution in [0.1, 0.15) is 17.3 Å². The topological polar surface area (TPSA) is 46.5 Å². The van der Waals surface area contributed by atoms with E-state index >= 15 is 0 Å². The summed E-state index contributed by atoms with van der Waals surface area (Å²) in [5, 5.41) is 8.99. The summed E-state index contributed by atoms with van der Waals surface area (Å²) >= 11 is 0. The molecule has 1 aromatic carbocycles. The van der Waals surface area contributed by atoms with E-state index in [2.05, 4.69) is 0 Å². The van der Waals surface area contributed by atoms with Crippen molar-refractivity contribution in [3.63, 3.8) is 0 Å². The number of allylic oxidation sites excluding steroid dienone is 1. The van der Waals surface area contributed by atoms with E-state index in [1.807, 2.05) is 13.0 Å². The summed E-state index contributed by atoms with van der Waals surface area (Å²) in [7, 11) is 0. The molecule has 0 atom stereocenters. The quantitative estimate of drug-likeness (QED) is 0.589. The van der Waals surface area contributed by atoms with Gasteiger partial charge < -0.3 is 9.84 Å². The van der Waals surface area contributed by atoms with Crippen LogP contribution in [0.25, 0.3) is 0 Å². The monoisotopic (exact) mass is 192 g/mol. The minimum Gasteiger partial charge on any atom is -0.508 e. The summed E-state index contributed by atoms with van der Waals surface area (Å²) < 4.78 is 4.90. The Morgan fingerprint density at radius 2 is 2.07 bits per heavy atom. The fraction of sp³-hybridized carbons (Fsp3) is 0.182. The lowest BCUT2D eigenvalue weighted by Gasteiger charge is -2.01. The Morgan fingerprint density at radius 1 is 1.43 bits per heavy atom. The van der Waals surface area contributed by atoms with Crippen LogP contribution in [0.15, 0.2) is 36.4 Å². The number of hydrogen-bond donors (Lipinski definition) is 1. The highest BCUT2D eigenvalue weighted by molar-refractivity contribution is 5.89. The first-order valence-electron chi connectivity index (χ1n) is 4.31.